The SMILES string of the molecule is Cc1ccc(C(=O)N2C[C@@H](O)[C@H](N3CCC(F)(F)CC3)C2)cn1. The number of β-amino-alcohol motifs (C(OH)–C–C–N with tert-alkyl or cyclic N) is 1. The van der Waals surface area contributed by atoms with Crippen LogP contribution in [0.4, 0.5) is 8.78 Å². The van der Waals surface area contributed by atoms with Crippen LogP contribution < -0.4 is 0 Å². The fraction of sp³-hybridized carbons (Fsp3) is 0.625. The van der Waals surface area contributed by atoms with Crippen LogP contribution in [0.25, 0.3) is 0 Å². The minimum absolute atomic E-state index is 0.179. The van der Waals surface area contributed by atoms with E-state index in [1.807, 2.05) is 11.8 Å². The van der Waals surface area contributed by atoms with Crippen LogP contribution in [0.3, 0.4) is 0 Å². The lowest BCUT2D eigenvalue weighted by molar-refractivity contribution is -0.0697. The van der Waals surface area contributed by atoms with E-state index in [2.05, 4.69) is 4.98 Å². The van der Waals surface area contributed by atoms with E-state index < -0.39 is 12.0 Å². The van der Waals surface area contributed by atoms with Gasteiger partial charge in [-0.2, -0.15) is 0 Å². The molecule has 2 aliphatic heterocycles. The van der Waals surface area contributed by atoms with E-state index in [1.165, 1.54) is 6.20 Å². The quantitative estimate of drug-likeness (QED) is 0.891. The van der Waals surface area contributed by atoms with Gasteiger partial charge in [0.2, 0.25) is 0 Å². The van der Waals surface area contributed by atoms with Gasteiger partial charge in [-0.25, -0.2) is 8.78 Å². The molecule has 126 valence electrons. The van der Waals surface area contributed by atoms with Crippen LogP contribution in [0, 0.1) is 6.92 Å². The summed E-state index contributed by atoms with van der Waals surface area (Å²) in [6.45, 7) is 2.94. The van der Waals surface area contributed by atoms with Crippen molar-refractivity contribution in [2.75, 3.05) is 26.2 Å². The average molecular weight is 325 g/mol. The molecule has 0 aliphatic carbocycles. The molecule has 3 heterocycles. The number of alkyl halides is 2. The summed E-state index contributed by atoms with van der Waals surface area (Å²) in [7, 11) is 0. The molecule has 0 bridgehead atoms. The number of amides is 1. The molecule has 0 radical (unpaired) electrons. The molecule has 0 spiro atoms. The number of hydrogen-bond donors (Lipinski definition) is 1. The highest BCUT2D eigenvalue weighted by molar-refractivity contribution is 5.94. The molecule has 1 aromatic heterocycles. The first-order valence-electron chi connectivity index (χ1n) is 7.88. The summed E-state index contributed by atoms with van der Waals surface area (Å²) in [5.74, 6) is -2.79. The largest absolute Gasteiger partial charge is 0.390 e. The zero-order chi connectivity index (χ0) is 16.6. The van der Waals surface area contributed by atoms with Crippen molar-refractivity contribution in [3.8, 4) is 0 Å². The number of rotatable bonds is 2. The smallest absolute Gasteiger partial charge is 0.255 e. The molecule has 0 unspecified atom stereocenters. The van der Waals surface area contributed by atoms with Crippen molar-refractivity contribution in [1.82, 2.24) is 14.8 Å². The first kappa shape index (κ1) is 16.3. The van der Waals surface area contributed by atoms with Gasteiger partial charge in [0, 0.05) is 50.9 Å². The van der Waals surface area contributed by atoms with E-state index in [-0.39, 0.29) is 44.4 Å². The third-order valence-corrected chi connectivity index (χ3v) is 4.70. The summed E-state index contributed by atoms with van der Waals surface area (Å²) in [5, 5.41) is 10.2. The predicted octanol–water partition coefficient (Wildman–Crippen LogP) is 1.31. The normalized spacial score (nSPS) is 28.1. The van der Waals surface area contributed by atoms with Crippen molar-refractivity contribution < 1.29 is 18.7 Å². The van der Waals surface area contributed by atoms with Crippen LogP contribution in [0.5, 0.6) is 0 Å². The molecule has 2 aliphatic rings. The van der Waals surface area contributed by atoms with E-state index in [9.17, 15) is 18.7 Å². The van der Waals surface area contributed by atoms with Crippen molar-refractivity contribution in [2.45, 2.75) is 37.8 Å². The van der Waals surface area contributed by atoms with E-state index in [0.717, 1.165) is 5.69 Å². The van der Waals surface area contributed by atoms with Gasteiger partial charge >= 0.3 is 0 Å². The highest BCUT2D eigenvalue weighted by Crippen LogP contribution is 2.30. The molecular formula is C16H21F2N3O2. The summed E-state index contributed by atoms with van der Waals surface area (Å²) >= 11 is 0. The molecule has 2 fully saturated rings. The van der Waals surface area contributed by atoms with Crippen molar-refractivity contribution >= 4 is 5.91 Å². The summed E-state index contributed by atoms with van der Waals surface area (Å²) in [6.07, 6.45) is 0.445. The minimum atomic E-state index is -2.61. The molecule has 3 rings (SSSR count). The van der Waals surface area contributed by atoms with Crippen LogP contribution in [-0.4, -0.2) is 70.0 Å². The lowest BCUT2D eigenvalue weighted by Crippen LogP contribution is -2.49. The number of aliphatic hydroxyl groups is 1. The molecule has 1 aromatic rings. The number of likely N-dealkylation sites (tertiary alicyclic amines) is 2. The minimum Gasteiger partial charge on any atom is -0.390 e. The van der Waals surface area contributed by atoms with Crippen molar-refractivity contribution in [2.24, 2.45) is 0 Å². The third kappa shape index (κ3) is 3.50. The Hall–Kier alpha value is -1.60. The zero-order valence-corrected chi connectivity index (χ0v) is 13.1. The molecule has 7 heteroatoms. The second-order valence-electron chi connectivity index (χ2n) is 6.43. The van der Waals surface area contributed by atoms with E-state index in [4.69, 9.17) is 0 Å². The lowest BCUT2D eigenvalue weighted by atomic mass is 10.0. The van der Waals surface area contributed by atoms with Crippen LogP contribution in [0.15, 0.2) is 18.3 Å². The number of aliphatic hydroxyl groups excluding tert-OH is 1. The maximum Gasteiger partial charge on any atom is 0.255 e. The number of carbonyl (C=O) groups excluding carboxylic acids is 1. The fourth-order valence-electron chi connectivity index (χ4n) is 3.25. The second kappa shape index (κ2) is 6.13. The van der Waals surface area contributed by atoms with E-state index >= 15 is 0 Å². The second-order valence-corrected chi connectivity index (χ2v) is 6.43. The first-order valence-corrected chi connectivity index (χ1v) is 7.88. The molecule has 2 saturated heterocycles. The third-order valence-electron chi connectivity index (χ3n) is 4.70. The van der Waals surface area contributed by atoms with Gasteiger partial charge in [0.15, 0.2) is 0 Å². The van der Waals surface area contributed by atoms with Crippen molar-refractivity contribution in [3.05, 3.63) is 29.6 Å². The molecule has 1 amide bonds. The Morgan fingerprint density at radius 1 is 1.30 bits per heavy atom. The van der Waals surface area contributed by atoms with Gasteiger partial charge in [-0.1, -0.05) is 0 Å². The van der Waals surface area contributed by atoms with Gasteiger partial charge in [-0.15, -0.1) is 0 Å². The Morgan fingerprint density at radius 2 is 2.00 bits per heavy atom. The Balaban J connectivity index is 1.64. The van der Waals surface area contributed by atoms with E-state index in [0.29, 0.717) is 12.1 Å². The van der Waals surface area contributed by atoms with Gasteiger partial charge in [0.05, 0.1) is 17.7 Å². The number of aryl methyl sites for hydroxylation is 1. The van der Waals surface area contributed by atoms with Crippen LogP contribution in [0.1, 0.15) is 28.9 Å². The number of halogens is 2. The van der Waals surface area contributed by atoms with E-state index in [1.54, 1.807) is 17.0 Å². The van der Waals surface area contributed by atoms with Gasteiger partial charge in [-0.3, -0.25) is 14.7 Å². The summed E-state index contributed by atoms with van der Waals surface area (Å²) < 4.78 is 26.5. The molecule has 0 aromatic carbocycles. The Labute approximate surface area is 133 Å². The van der Waals surface area contributed by atoms with Crippen molar-refractivity contribution in [1.29, 1.82) is 0 Å². The number of aromatic nitrogens is 1. The van der Waals surface area contributed by atoms with Gasteiger partial charge in [0.25, 0.3) is 11.8 Å². The summed E-state index contributed by atoms with van der Waals surface area (Å²) in [6, 6.07) is 3.21. The topological polar surface area (TPSA) is 56.7 Å². The maximum absolute atomic E-state index is 13.3. The summed E-state index contributed by atoms with van der Waals surface area (Å²) in [5.41, 5.74) is 1.31. The lowest BCUT2D eigenvalue weighted by Gasteiger charge is -2.36. The number of nitrogens with zero attached hydrogens (tertiary/aromatic N) is 3. The average Bonchev–Trinajstić information content (AvgIpc) is 2.89. The molecule has 0 saturated carbocycles. The standard InChI is InChI=1S/C16H21F2N3O2/c1-11-2-3-12(8-19-11)15(23)21-9-13(14(22)10-21)20-6-4-16(17,18)5-7-20/h2-3,8,13-14,22H,4-7,9-10H2,1H3/t13-,14-/m1/s1. The van der Waals surface area contributed by atoms with Crippen LogP contribution in [-0.2, 0) is 0 Å². The number of piperidine rings is 1. The predicted molar refractivity (Wildman–Crippen MR) is 80.4 cm³/mol. The van der Waals surface area contributed by atoms with Gasteiger partial charge in [0.1, 0.15) is 0 Å². The number of pyridine rings is 1. The number of carbonyl (C=O) groups is 1. The Morgan fingerprint density at radius 3 is 2.61 bits per heavy atom. The zero-order valence-electron chi connectivity index (χ0n) is 13.1. The molecule has 5 nitrogen and oxygen atoms in total. The van der Waals surface area contributed by atoms with Gasteiger partial charge < -0.3 is 10.0 Å². The molecule has 23 heavy (non-hydrogen) atoms. The molecule has 1 N–H and O–H groups in total. The fourth-order valence-corrected chi connectivity index (χ4v) is 3.25. The molecular weight excluding hydrogens is 304 g/mol. The van der Waals surface area contributed by atoms with Crippen LogP contribution >= 0.6 is 0 Å². The Kier molecular flexibility index (Phi) is 4.33. The van der Waals surface area contributed by atoms with Crippen LogP contribution in [0.2, 0.25) is 0 Å². The summed E-state index contributed by atoms with van der Waals surface area (Å²) in [4.78, 5) is 20.0. The first-order chi connectivity index (χ1) is 10.9. The highest BCUT2D eigenvalue weighted by atomic mass is 19.3. The maximum atomic E-state index is 13.3. The monoisotopic (exact) mass is 325 g/mol. The highest BCUT2D eigenvalue weighted by Gasteiger charge is 2.42. The molecule has 2 atom stereocenters. The Bertz CT molecular complexity index is 569. The number of hydrogen-bond acceptors (Lipinski definition) is 4. The van der Waals surface area contributed by atoms with Gasteiger partial charge in [-0.05, 0) is 19.1 Å². The van der Waals surface area contributed by atoms with Crippen molar-refractivity contribution in [3.63, 3.8) is 0 Å².